The molecule has 162 valence electrons. The quantitative estimate of drug-likeness (QED) is 0.362. The summed E-state index contributed by atoms with van der Waals surface area (Å²) in [6, 6.07) is 23.5. The smallest absolute Gasteiger partial charge is 0.262 e. The number of amides is 1. The largest absolute Gasteiger partial charge is 0.497 e. The minimum absolute atomic E-state index is 0.0490. The van der Waals surface area contributed by atoms with Gasteiger partial charge in [-0.1, -0.05) is 61.3 Å². The van der Waals surface area contributed by atoms with Gasteiger partial charge in [0.1, 0.15) is 5.75 Å². The fraction of sp³-hybridized carbons (Fsp3) is 0.179. The van der Waals surface area contributed by atoms with Gasteiger partial charge in [-0.3, -0.25) is 9.69 Å². The van der Waals surface area contributed by atoms with E-state index >= 15 is 0 Å². The van der Waals surface area contributed by atoms with Gasteiger partial charge >= 0.3 is 0 Å². The van der Waals surface area contributed by atoms with Crippen LogP contribution in [0.2, 0.25) is 5.02 Å². The fourth-order valence-electron chi connectivity index (χ4n) is 3.78. The zero-order chi connectivity index (χ0) is 22.5. The summed E-state index contributed by atoms with van der Waals surface area (Å²) >= 11 is 6.10. The molecule has 0 N–H and O–H groups in total. The van der Waals surface area contributed by atoms with Crippen molar-refractivity contribution in [1.29, 1.82) is 0 Å². The molecule has 3 aromatic carbocycles. The first-order valence-electron chi connectivity index (χ1n) is 10.9. The first kappa shape index (κ1) is 21.9. The van der Waals surface area contributed by atoms with Gasteiger partial charge in [-0.05, 0) is 78.1 Å². The zero-order valence-corrected chi connectivity index (χ0v) is 19.1. The van der Waals surface area contributed by atoms with E-state index < -0.39 is 0 Å². The highest BCUT2D eigenvalue weighted by atomic mass is 35.5. The molecule has 0 saturated heterocycles. The monoisotopic (exact) mass is 443 g/mol. The molecule has 0 aliphatic carbocycles. The van der Waals surface area contributed by atoms with E-state index in [1.807, 2.05) is 72.8 Å². The Morgan fingerprint density at radius 3 is 2.25 bits per heavy atom. The lowest BCUT2D eigenvalue weighted by molar-refractivity contribution is -0.113. The molecule has 1 heterocycles. The van der Waals surface area contributed by atoms with Crippen LogP contribution in [0.15, 0.2) is 84.4 Å². The highest BCUT2D eigenvalue weighted by Gasteiger charge is 2.30. The SMILES string of the molecule is CCCCc1ccc(N2C(=O)/C(=C\c3ccc(OC)cc3)C=C2c2ccc(Cl)cc2)cc1. The van der Waals surface area contributed by atoms with Gasteiger partial charge in [0.25, 0.3) is 5.91 Å². The van der Waals surface area contributed by atoms with Crippen molar-refractivity contribution in [2.75, 3.05) is 12.0 Å². The van der Waals surface area contributed by atoms with Gasteiger partial charge in [-0.15, -0.1) is 0 Å². The lowest BCUT2D eigenvalue weighted by atomic mass is 10.1. The van der Waals surface area contributed by atoms with Crippen molar-refractivity contribution >= 4 is 35.0 Å². The van der Waals surface area contributed by atoms with Gasteiger partial charge in [0.2, 0.25) is 0 Å². The summed E-state index contributed by atoms with van der Waals surface area (Å²) in [5, 5.41) is 0.666. The third kappa shape index (κ3) is 4.79. The Kier molecular flexibility index (Phi) is 6.77. The fourth-order valence-corrected chi connectivity index (χ4v) is 3.90. The van der Waals surface area contributed by atoms with Crippen LogP contribution in [0, 0.1) is 0 Å². The number of hydrogen-bond donors (Lipinski definition) is 0. The number of hydrogen-bond acceptors (Lipinski definition) is 2. The van der Waals surface area contributed by atoms with Crippen LogP contribution < -0.4 is 9.64 Å². The van der Waals surface area contributed by atoms with E-state index in [1.54, 1.807) is 12.0 Å². The van der Waals surface area contributed by atoms with E-state index in [0.29, 0.717) is 10.6 Å². The second-order valence-corrected chi connectivity index (χ2v) is 8.26. The Morgan fingerprint density at radius 1 is 0.938 bits per heavy atom. The van der Waals surface area contributed by atoms with E-state index in [0.717, 1.165) is 47.5 Å². The van der Waals surface area contributed by atoms with E-state index in [1.165, 1.54) is 5.56 Å². The third-order valence-corrected chi connectivity index (χ3v) is 5.83. The van der Waals surface area contributed by atoms with Gasteiger partial charge in [0.15, 0.2) is 0 Å². The van der Waals surface area contributed by atoms with Crippen LogP contribution in [-0.2, 0) is 11.2 Å². The van der Waals surface area contributed by atoms with Crippen molar-refractivity contribution in [3.8, 4) is 5.75 Å². The average Bonchev–Trinajstić information content (AvgIpc) is 3.15. The highest BCUT2D eigenvalue weighted by molar-refractivity contribution is 6.30. The zero-order valence-electron chi connectivity index (χ0n) is 18.3. The molecule has 0 aromatic heterocycles. The third-order valence-electron chi connectivity index (χ3n) is 5.57. The van der Waals surface area contributed by atoms with Crippen molar-refractivity contribution in [3.05, 3.63) is 106 Å². The van der Waals surface area contributed by atoms with Crippen molar-refractivity contribution in [2.24, 2.45) is 0 Å². The van der Waals surface area contributed by atoms with Crippen LogP contribution in [0.4, 0.5) is 5.69 Å². The standard InChI is InChI=1S/C28H26ClNO2/c1-3-4-5-20-6-14-25(15-7-20)30-27(22-10-12-24(29)13-11-22)19-23(28(30)31)18-21-8-16-26(32-2)17-9-21/h6-19H,3-5H2,1-2H3/b23-18-. The summed E-state index contributed by atoms with van der Waals surface area (Å²) < 4.78 is 5.24. The molecule has 0 saturated carbocycles. The van der Waals surface area contributed by atoms with E-state index in [9.17, 15) is 4.79 Å². The second-order valence-electron chi connectivity index (χ2n) is 7.82. The summed E-state index contributed by atoms with van der Waals surface area (Å²) in [7, 11) is 1.64. The number of aryl methyl sites for hydroxylation is 1. The van der Waals surface area contributed by atoms with Gasteiger partial charge in [0, 0.05) is 16.3 Å². The number of ether oxygens (including phenoxy) is 1. The van der Waals surface area contributed by atoms with Crippen molar-refractivity contribution < 1.29 is 9.53 Å². The number of rotatable bonds is 7. The van der Waals surface area contributed by atoms with Crippen LogP contribution in [-0.4, -0.2) is 13.0 Å². The minimum Gasteiger partial charge on any atom is -0.497 e. The molecule has 1 aliphatic heterocycles. The lowest BCUT2D eigenvalue weighted by Gasteiger charge is -2.21. The molecule has 0 radical (unpaired) electrons. The van der Waals surface area contributed by atoms with Crippen LogP contribution >= 0.6 is 11.6 Å². The molecule has 4 rings (SSSR count). The lowest BCUT2D eigenvalue weighted by Crippen LogP contribution is -2.24. The van der Waals surface area contributed by atoms with Crippen molar-refractivity contribution in [3.63, 3.8) is 0 Å². The van der Waals surface area contributed by atoms with E-state index in [4.69, 9.17) is 16.3 Å². The molecule has 3 nitrogen and oxygen atoms in total. The molecule has 1 aliphatic rings. The van der Waals surface area contributed by atoms with Gasteiger partial charge in [-0.2, -0.15) is 0 Å². The first-order valence-corrected chi connectivity index (χ1v) is 11.2. The molecule has 0 fully saturated rings. The topological polar surface area (TPSA) is 29.5 Å². The Morgan fingerprint density at radius 2 is 1.62 bits per heavy atom. The second kappa shape index (κ2) is 9.88. The van der Waals surface area contributed by atoms with Crippen LogP contribution in [0.5, 0.6) is 5.75 Å². The molecule has 0 atom stereocenters. The summed E-state index contributed by atoms with van der Waals surface area (Å²) in [4.78, 5) is 15.3. The van der Waals surface area contributed by atoms with Crippen LogP contribution in [0.1, 0.15) is 36.5 Å². The van der Waals surface area contributed by atoms with Gasteiger partial charge in [0.05, 0.1) is 12.8 Å². The number of benzene rings is 3. The number of anilines is 1. The maximum Gasteiger partial charge on any atom is 0.262 e. The molecule has 1 amide bonds. The van der Waals surface area contributed by atoms with E-state index in [-0.39, 0.29) is 5.91 Å². The highest BCUT2D eigenvalue weighted by Crippen LogP contribution is 2.36. The number of nitrogens with zero attached hydrogens (tertiary/aromatic N) is 1. The summed E-state index contributed by atoms with van der Waals surface area (Å²) in [5.41, 5.74) is 5.50. The molecule has 0 unspecified atom stereocenters. The van der Waals surface area contributed by atoms with Crippen LogP contribution in [0.25, 0.3) is 11.8 Å². The summed E-state index contributed by atoms with van der Waals surface area (Å²) in [6.45, 7) is 2.19. The van der Waals surface area contributed by atoms with Crippen LogP contribution in [0.3, 0.4) is 0 Å². The normalized spacial score (nSPS) is 14.7. The molecule has 3 aromatic rings. The molecule has 0 spiro atoms. The maximum atomic E-state index is 13.5. The molecule has 4 heteroatoms. The predicted molar refractivity (Wildman–Crippen MR) is 133 cm³/mol. The number of carbonyl (C=O) groups excluding carboxylic acids is 1. The molecular weight excluding hydrogens is 418 g/mol. The molecule has 0 bridgehead atoms. The Labute approximate surface area is 194 Å². The molecule has 32 heavy (non-hydrogen) atoms. The number of halogens is 1. The van der Waals surface area contributed by atoms with E-state index in [2.05, 4.69) is 19.1 Å². The Bertz CT molecular complexity index is 1140. The summed E-state index contributed by atoms with van der Waals surface area (Å²) in [6.07, 6.45) is 7.23. The Balaban J connectivity index is 1.72. The molecular formula is C28H26ClNO2. The predicted octanol–water partition coefficient (Wildman–Crippen LogP) is 7.16. The Hall–Kier alpha value is -3.30. The summed E-state index contributed by atoms with van der Waals surface area (Å²) in [5.74, 6) is 0.735. The van der Waals surface area contributed by atoms with Crippen molar-refractivity contribution in [2.45, 2.75) is 26.2 Å². The van der Waals surface area contributed by atoms with Gasteiger partial charge < -0.3 is 4.74 Å². The maximum absolute atomic E-state index is 13.5. The number of methoxy groups -OCH3 is 1. The average molecular weight is 444 g/mol. The van der Waals surface area contributed by atoms with Crippen molar-refractivity contribution in [1.82, 2.24) is 0 Å². The first-order chi connectivity index (χ1) is 15.6. The van der Waals surface area contributed by atoms with Gasteiger partial charge in [-0.25, -0.2) is 0 Å². The number of carbonyl (C=O) groups is 1. The minimum atomic E-state index is -0.0490. The number of unbranched alkanes of at least 4 members (excludes halogenated alkanes) is 1.